The Kier molecular flexibility index (Phi) is 16.7. The number of unbranched alkanes of at least 4 members (excludes halogenated alkanes) is 5. The van der Waals surface area contributed by atoms with Gasteiger partial charge < -0.3 is 9.84 Å². The molecule has 2 atom stereocenters. The van der Waals surface area contributed by atoms with Gasteiger partial charge in [0.05, 0.1) is 6.61 Å². The van der Waals surface area contributed by atoms with Crippen LogP contribution in [-0.2, 0) is 14.3 Å². The predicted molar refractivity (Wildman–Crippen MR) is 107 cm³/mol. The third kappa shape index (κ3) is 15.2. The van der Waals surface area contributed by atoms with Crippen LogP contribution in [0.5, 0.6) is 0 Å². The number of carbonyl (C=O) groups excluding carboxylic acids is 1. The second-order valence-electron chi connectivity index (χ2n) is 7.61. The summed E-state index contributed by atoms with van der Waals surface area (Å²) in [5.74, 6) is 0.331. The van der Waals surface area contributed by atoms with Crippen molar-refractivity contribution in [3.05, 3.63) is 0 Å². The summed E-state index contributed by atoms with van der Waals surface area (Å²) in [6.07, 6.45) is 14.0. The molecule has 0 aromatic heterocycles. The Balaban J connectivity index is 3.58. The first-order chi connectivity index (χ1) is 12.5. The standard InChI is InChI=1S/C22H42O4/c1-4-7-13-20(6-3)18-26-22(25)15-12-10-8-9-11-14-19(5-2)16-17-21(23)24/h19-20H,4-18H2,1-3H3,(H,23,24). The fourth-order valence-electron chi connectivity index (χ4n) is 3.29. The molecule has 0 aromatic carbocycles. The molecule has 0 heterocycles. The molecule has 0 aromatic rings. The fourth-order valence-corrected chi connectivity index (χ4v) is 3.29. The summed E-state index contributed by atoms with van der Waals surface area (Å²) >= 11 is 0. The molecule has 0 fully saturated rings. The Morgan fingerprint density at radius 3 is 2.00 bits per heavy atom. The summed E-state index contributed by atoms with van der Waals surface area (Å²) in [4.78, 5) is 22.4. The van der Waals surface area contributed by atoms with Crippen LogP contribution in [0.1, 0.15) is 111 Å². The topological polar surface area (TPSA) is 63.6 Å². The molecule has 0 amide bonds. The van der Waals surface area contributed by atoms with Gasteiger partial charge in [-0.25, -0.2) is 0 Å². The van der Waals surface area contributed by atoms with E-state index in [-0.39, 0.29) is 12.4 Å². The number of hydrogen-bond acceptors (Lipinski definition) is 3. The van der Waals surface area contributed by atoms with Crippen molar-refractivity contribution >= 4 is 11.9 Å². The van der Waals surface area contributed by atoms with E-state index in [2.05, 4.69) is 20.8 Å². The molecular formula is C22H42O4. The van der Waals surface area contributed by atoms with Crippen LogP contribution in [0, 0.1) is 11.8 Å². The Morgan fingerprint density at radius 1 is 0.769 bits per heavy atom. The molecule has 0 aliphatic carbocycles. The number of hydrogen-bond donors (Lipinski definition) is 1. The van der Waals surface area contributed by atoms with Gasteiger partial charge in [-0.05, 0) is 31.1 Å². The van der Waals surface area contributed by atoms with E-state index in [1.807, 2.05) is 0 Å². The average molecular weight is 371 g/mol. The highest BCUT2D eigenvalue weighted by Crippen LogP contribution is 2.20. The second-order valence-corrected chi connectivity index (χ2v) is 7.61. The zero-order chi connectivity index (χ0) is 19.6. The summed E-state index contributed by atoms with van der Waals surface area (Å²) in [6, 6.07) is 0. The largest absolute Gasteiger partial charge is 0.481 e. The molecule has 0 aliphatic rings. The van der Waals surface area contributed by atoms with E-state index < -0.39 is 5.97 Å². The summed E-state index contributed by atoms with van der Waals surface area (Å²) in [7, 11) is 0. The first-order valence-corrected chi connectivity index (χ1v) is 10.9. The summed E-state index contributed by atoms with van der Waals surface area (Å²) in [6.45, 7) is 7.09. The summed E-state index contributed by atoms with van der Waals surface area (Å²) < 4.78 is 5.43. The van der Waals surface area contributed by atoms with Gasteiger partial charge in [-0.1, -0.05) is 78.6 Å². The molecule has 4 nitrogen and oxygen atoms in total. The number of carbonyl (C=O) groups is 2. The Hall–Kier alpha value is -1.06. The molecule has 0 rings (SSSR count). The van der Waals surface area contributed by atoms with E-state index in [1.54, 1.807) is 0 Å². The van der Waals surface area contributed by atoms with Crippen LogP contribution in [0.15, 0.2) is 0 Å². The third-order valence-electron chi connectivity index (χ3n) is 5.36. The molecular weight excluding hydrogens is 328 g/mol. The molecule has 4 heteroatoms. The molecule has 0 aliphatic heterocycles. The van der Waals surface area contributed by atoms with Gasteiger partial charge in [0.15, 0.2) is 0 Å². The van der Waals surface area contributed by atoms with Crippen LogP contribution < -0.4 is 0 Å². The molecule has 2 unspecified atom stereocenters. The average Bonchev–Trinajstić information content (AvgIpc) is 2.63. The molecule has 0 saturated carbocycles. The number of carboxylic acids is 1. The van der Waals surface area contributed by atoms with Gasteiger partial charge in [0, 0.05) is 12.8 Å². The molecule has 1 N–H and O–H groups in total. The van der Waals surface area contributed by atoms with Crippen molar-refractivity contribution in [2.24, 2.45) is 11.8 Å². The summed E-state index contributed by atoms with van der Waals surface area (Å²) in [5.41, 5.74) is 0. The van der Waals surface area contributed by atoms with Crippen LogP contribution in [-0.4, -0.2) is 23.7 Å². The van der Waals surface area contributed by atoms with E-state index in [4.69, 9.17) is 9.84 Å². The Morgan fingerprint density at radius 2 is 1.38 bits per heavy atom. The Labute approximate surface area is 161 Å². The quantitative estimate of drug-likeness (QED) is 0.225. The van der Waals surface area contributed by atoms with Crippen molar-refractivity contribution in [2.75, 3.05) is 6.61 Å². The molecule has 0 bridgehead atoms. The zero-order valence-electron chi connectivity index (χ0n) is 17.4. The van der Waals surface area contributed by atoms with Crippen molar-refractivity contribution in [2.45, 2.75) is 111 Å². The van der Waals surface area contributed by atoms with Crippen molar-refractivity contribution < 1.29 is 19.4 Å². The molecule has 0 spiro atoms. The number of esters is 1. The van der Waals surface area contributed by atoms with Gasteiger partial charge in [0.25, 0.3) is 0 Å². The molecule has 26 heavy (non-hydrogen) atoms. The minimum Gasteiger partial charge on any atom is -0.481 e. The van der Waals surface area contributed by atoms with Gasteiger partial charge in [-0.3, -0.25) is 9.59 Å². The van der Waals surface area contributed by atoms with Crippen LogP contribution in [0.25, 0.3) is 0 Å². The lowest BCUT2D eigenvalue weighted by atomic mass is 9.93. The molecule has 0 saturated heterocycles. The maximum absolute atomic E-state index is 11.8. The number of ether oxygens (including phenoxy) is 1. The van der Waals surface area contributed by atoms with E-state index in [9.17, 15) is 9.59 Å². The van der Waals surface area contributed by atoms with Gasteiger partial charge in [-0.2, -0.15) is 0 Å². The molecule has 0 radical (unpaired) electrons. The van der Waals surface area contributed by atoms with Crippen molar-refractivity contribution in [1.29, 1.82) is 0 Å². The molecule has 154 valence electrons. The lowest BCUT2D eigenvalue weighted by Crippen LogP contribution is -2.13. The third-order valence-corrected chi connectivity index (χ3v) is 5.36. The normalized spacial score (nSPS) is 13.3. The number of rotatable bonds is 18. The van der Waals surface area contributed by atoms with Gasteiger partial charge in [0.1, 0.15) is 0 Å². The lowest BCUT2D eigenvalue weighted by molar-refractivity contribution is -0.145. The zero-order valence-corrected chi connectivity index (χ0v) is 17.4. The van der Waals surface area contributed by atoms with E-state index in [0.717, 1.165) is 57.8 Å². The van der Waals surface area contributed by atoms with Gasteiger partial charge in [-0.15, -0.1) is 0 Å². The highest BCUT2D eigenvalue weighted by Gasteiger charge is 2.10. The first-order valence-electron chi connectivity index (χ1n) is 10.9. The van der Waals surface area contributed by atoms with Crippen molar-refractivity contribution in [1.82, 2.24) is 0 Å². The smallest absolute Gasteiger partial charge is 0.305 e. The van der Waals surface area contributed by atoms with Gasteiger partial charge in [0.2, 0.25) is 0 Å². The monoisotopic (exact) mass is 370 g/mol. The van der Waals surface area contributed by atoms with Crippen molar-refractivity contribution in [3.63, 3.8) is 0 Å². The minimum absolute atomic E-state index is 0.0420. The van der Waals surface area contributed by atoms with Crippen LogP contribution in [0.3, 0.4) is 0 Å². The first kappa shape index (κ1) is 24.9. The van der Waals surface area contributed by atoms with Crippen LogP contribution in [0.2, 0.25) is 0 Å². The fraction of sp³-hybridized carbons (Fsp3) is 0.909. The lowest BCUT2D eigenvalue weighted by Gasteiger charge is -2.14. The summed E-state index contributed by atoms with van der Waals surface area (Å²) in [5, 5.41) is 8.75. The number of aliphatic carboxylic acids is 1. The maximum atomic E-state index is 11.8. The minimum atomic E-state index is -0.689. The van der Waals surface area contributed by atoms with Crippen LogP contribution in [0.4, 0.5) is 0 Å². The van der Waals surface area contributed by atoms with Crippen LogP contribution >= 0.6 is 0 Å². The Bertz CT molecular complexity index is 354. The highest BCUT2D eigenvalue weighted by molar-refractivity contribution is 5.69. The predicted octanol–water partition coefficient (Wildman–Crippen LogP) is 6.37. The maximum Gasteiger partial charge on any atom is 0.305 e. The van der Waals surface area contributed by atoms with Crippen molar-refractivity contribution in [3.8, 4) is 0 Å². The SMILES string of the molecule is CCCCC(CC)COC(=O)CCCCCCCC(CC)CCC(=O)O. The second kappa shape index (κ2) is 17.4. The van der Waals surface area contributed by atoms with E-state index >= 15 is 0 Å². The number of carboxylic acid groups (broad SMARTS) is 1. The van der Waals surface area contributed by atoms with E-state index in [0.29, 0.717) is 24.9 Å². The highest BCUT2D eigenvalue weighted by atomic mass is 16.5. The van der Waals surface area contributed by atoms with E-state index in [1.165, 1.54) is 19.3 Å². The van der Waals surface area contributed by atoms with Gasteiger partial charge >= 0.3 is 11.9 Å².